The van der Waals surface area contributed by atoms with Crippen molar-refractivity contribution in [1.29, 1.82) is 0 Å². The summed E-state index contributed by atoms with van der Waals surface area (Å²) in [5.41, 5.74) is 9.82. The first-order valence-corrected chi connectivity index (χ1v) is 12.1. The largest absolute Gasteiger partial charge is 0.497 e. The predicted octanol–water partition coefficient (Wildman–Crippen LogP) is 4.17. The molecule has 8 heteroatoms. The van der Waals surface area contributed by atoms with Crippen molar-refractivity contribution < 1.29 is 9.53 Å². The lowest BCUT2D eigenvalue weighted by Gasteiger charge is -2.24. The number of nitrogens with two attached hydrogens (primary N) is 1. The molecule has 0 saturated heterocycles. The van der Waals surface area contributed by atoms with Gasteiger partial charge in [0.15, 0.2) is 0 Å². The number of carbonyl (C=O) groups is 1. The number of hydrogen-bond acceptors (Lipinski definition) is 6. The van der Waals surface area contributed by atoms with Gasteiger partial charge in [0, 0.05) is 30.9 Å². The van der Waals surface area contributed by atoms with E-state index in [-0.39, 0.29) is 5.91 Å². The van der Waals surface area contributed by atoms with Crippen LogP contribution in [0, 0.1) is 0 Å². The molecule has 1 amide bonds. The van der Waals surface area contributed by atoms with E-state index in [4.69, 9.17) is 15.5 Å². The van der Waals surface area contributed by atoms with Gasteiger partial charge in [0.2, 0.25) is 11.9 Å². The van der Waals surface area contributed by atoms with Gasteiger partial charge in [0.1, 0.15) is 5.75 Å². The van der Waals surface area contributed by atoms with Crippen LogP contribution < -0.4 is 15.4 Å². The zero-order chi connectivity index (χ0) is 25.6. The highest BCUT2D eigenvalue weighted by atomic mass is 16.5. The number of carbonyl (C=O) groups excluding carboxylic acids is 1. The molecule has 186 valence electrons. The number of aromatic nitrogens is 4. The SMILES string of the molecule is COc1ccc(CCN(C(=O)C(N)Cc2c[nH]cn2)c2nccc(-c3ccc4ccccc4c3)n2)cc1. The van der Waals surface area contributed by atoms with Crippen molar-refractivity contribution in [3.63, 3.8) is 0 Å². The summed E-state index contributed by atoms with van der Waals surface area (Å²) in [5.74, 6) is 0.845. The Morgan fingerprint density at radius 2 is 1.84 bits per heavy atom. The van der Waals surface area contributed by atoms with Crippen LogP contribution in [-0.2, 0) is 17.6 Å². The van der Waals surface area contributed by atoms with Crippen LogP contribution in [0.1, 0.15) is 11.3 Å². The summed E-state index contributed by atoms with van der Waals surface area (Å²) >= 11 is 0. The standard InChI is InChI=1S/C29H28N6O2/c1-37-25-10-6-20(7-11-25)13-15-35(28(36)26(30)17-24-18-31-19-33-24)29-32-14-12-27(34-29)23-9-8-21-4-2-3-5-22(21)16-23/h2-12,14,16,18-19,26H,13,15,17,30H2,1H3,(H,31,33). The fourth-order valence-corrected chi connectivity index (χ4v) is 4.25. The smallest absolute Gasteiger partial charge is 0.246 e. The van der Waals surface area contributed by atoms with Gasteiger partial charge in [0.05, 0.1) is 30.9 Å². The zero-order valence-electron chi connectivity index (χ0n) is 20.5. The molecule has 0 radical (unpaired) electrons. The molecule has 5 aromatic rings. The Kier molecular flexibility index (Phi) is 7.19. The van der Waals surface area contributed by atoms with Gasteiger partial charge in [0.25, 0.3) is 0 Å². The van der Waals surface area contributed by atoms with E-state index < -0.39 is 6.04 Å². The van der Waals surface area contributed by atoms with Gasteiger partial charge in [-0.15, -0.1) is 0 Å². The lowest BCUT2D eigenvalue weighted by molar-refractivity contribution is -0.119. The maximum atomic E-state index is 13.6. The lowest BCUT2D eigenvalue weighted by Crippen LogP contribution is -2.46. The maximum absolute atomic E-state index is 13.6. The molecular formula is C29H28N6O2. The number of aromatic amines is 1. The summed E-state index contributed by atoms with van der Waals surface area (Å²) in [6.07, 6.45) is 5.91. The van der Waals surface area contributed by atoms with E-state index >= 15 is 0 Å². The highest BCUT2D eigenvalue weighted by Crippen LogP contribution is 2.24. The second-order valence-corrected chi connectivity index (χ2v) is 8.76. The summed E-state index contributed by atoms with van der Waals surface area (Å²) in [4.78, 5) is 31.5. The van der Waals surface area contributed by atoms with Crippen molar-refractivity contribution in [2.24, 2.45) is 5.73 Å². The topological polar surface area (TPSA) is 110 Å². The summed E-state index contributed by atoms with van der Waals surface area (Å²) in [6.45, 7) is 0.376. The number of nitrogens with zero attached hydrogens (tertiary/aromatic N) is 4. The monoisotopic (exact) mass is 492 g/mol. The molecule has 5 rings (SSSR count). The van der Waals surface area contributed by atoms with Gasteiger partial charge in [-0.25, -0.2) is 15.0 Å². The summed E-state index contributed by atoms with van der Waals surface area (Å²) in [5, 5.41) is 2.27. The highest BCUT2D eigenvalue weighted by molar-refractivity contribution is 5.96. The van der Waals surface area contributed by atoms with Crippen LogP contribution in [-0.4, -0.2) is 45.5 Å². The number of fused-ring (bicyclic) bond motifs is 1. The van der Waals surface area contributed by atoms with E-state index in [0.717, 1.165) is 39.0 Å². The first-order chi connectivity index (χ1) is 18.1. The molecule has 0 aliphatic rings. The fraction of sp³-hybridized carbons (Fsp3) is 0.172. The number of nitrogens with one attached hydrogen (secondary N) is 1. The van der Waals surface area contributed by atoms with Crippen LogP contribution >= 0.6 is 0 Å². The second-order valence-electron chi connectivity index (χ2n) is 8.76. The summed E-state index contributed by atoms with van der Waals surface area (Å²) in [6, 6.07) is 23.2. The Balaban J connectivity index is 1.44. The van der Waals surface area contributed by atoms with E-state index in [1.807, 2.05) is 48.5 Å². The maximum Gasteiger partial charge on any atom is 0.246 e. The predicted molar refractivity (Wildman–Crippen MR) is 144 cm³/mol. The third-order valence-corrected chi connectivity index (χ3v) is 6.28. The van der Waals surface area contributed by atoms with E-state index in [1.54, 1.807) is 30.7 Å². The number of H-pyrrole nitrogens is 1. The molecule has 1 unspecified atom stereocenters. The molecule has 0 saturated carbocycles. The van der Waals surface area contributed by atoms with Gasteiger partial charge >= 0.3 is 0 Å². The minimum absolute atomic E-state index is 0.257. The first-order valence-electron chi connectivity index (χ1n) is 12.1. The minimum Gasteiger partial charge on any atom is -0.497 e. The number of methoxy groups -OCH3 is 1. The second kappa shape index (κ2) is 11.0. The number of amides is 1. The van der Waals surface area contributed by atoms with Crippen LogP contribution in [0.4, 0.5) is 5.95 Å². The number of imidazole rings is 1. The third kappa shape index (κ3) is 5.65. The van der Waals surface area contributed by atoms with Gasteiger partial charge in [-0.1, -0.05) is 48.5 Å². The van der Waals surface area contributed by atoms with Crippen molar-refractivity contribution in [2.75, 3.05) is 18.6 Å². The van der Waals surface area contributed by atoms with Gasteiger partial charge in [-0.05, 0) is 47.0 Å². The molecule has 0 spiro atoms. The molecule has 0 aliphatic heterocycles. The molecule has 37 heavy (non-hydrogen) atoms. The number of ether oxygens (including phenoxy) is 1. The Morgan fingerprint density at radius 1 is 1.03 bits per heavy atom. The van der Waals surface area contributed by atoms with Crippen molar-refractivity contribution in [3.8, 4) is 17.0 Å². The molecule has 0 aliphatic carbocycles. The fourth-order valence-electron chi connectivity index (χ4n) is 4.25. The summed E-state index contributed by atoms with van der Waals surface area (Å²) < 4.78 is 5.26. The van der Waals surface area contributed by atoms with E-state index in [0.29, 0.717) is 25.3 Å². The van der Waals surface area contributed by atoms with Crippen molar-refractivity contribution in [1.82, 2.24) is 19.9 Å². The molecule has 1 atom stereocenters. The summed E-state index contributed by atoms with van der Waals surface area (Å²) in [7, 11) is 1.63. The van der Waals surface area contributed by atoms with Crippen molar-refractivity contribution >= 4 is 22.6 Å². The van der Waals surface area contributed by atoms with Crippen molar-refractivity contribution in [3.05, 3.63) is 103 Å². The van der Waals surface area contributed by atoms with E-state index in [9.17, 15) is 4.79 Å². The average molecular weight is 493 g/mol. The quantitative estimate of drug-likeness (QED) is 0.320. The zero-order valence-corrected chi connectivity index (χ0v) is 20.5. The van der Waals surface area contributed by atoms with Crippen LogP contribution in [0.2, 0.25) is 0 Å². The third-order valence-electron chi connectivity index (χ3n) is 6.28. The number of hydrogen-bond donors (Lipinski definition) is 2. The highest BCUT2D eigenvalue weighted by Gasteiger charge is 2.25. The first kappa shape index (κ1) is 24.1. The Bertz CT molecular complexity index is 1480. The molecule has 2 heterocycles. The molecule has 2 aromatic heterocycles. The average Bonchev–Trinajstić information content (AvgIpc) is 3.46. The van der Waals surface area contributed by atoms with E-state index in [1.165, 1.54) is 0 Å². The molecular weight excluding hydrogens is 464 g/mol. The van der Waals surface area contributed by atoms with Crippen LogP contribution in [0.25, 0.3) is 22.0 Å². The van der Waals surface area contributed by atoms with Gasteiger partial charge in [-0.2, -0.15) is 0 Å². The minimum atomic E-state index is -0.785. The Labute approximate surface area is 215 Å². The molecule has 3 aromatic carbocycles. The lowest BCUT2D eigenvalue weighted by atomic mass is 10.1. The number of rotatable bonds is 9. The Hall–Kier alpha value is -4.56. The van der Waals surface area contributed by atoms with Crippen LogP contribution in [0.3, 0.4) is 0 Å². The molecule has 3 N–H and O–H groups in total. The van der Waals surface area contributed by atoms with Gasteiger partial charge < -0.3 is 15.5 Å². The van der Waals surface area contributed by atoms with Crippen LogP contribution in [0.15, 0.2) is 91.5 Å². The van der Waals surface area contributed by atoms with Crippen molar-refractivity contribution in [2.45, 2.75) is 18.9 Å². The van der Waals surface area contributed by atoms with E-state index in [2.05, 4.69) is 39.2 Å². The van der Waals surface area contributed by atoms with Crippen LogP contribution in [0.5, 0.6) is 5.75 Å². The molecule has 0 fully saturated rings. The number of benzene rings is 3. The number of anilines is 1. The molecule has 8 nitrogen and oxygen atoms in total. The normalized spacial score (nSPS) is 11.8. The molecule has 0 bridgehead atoms. The van der Waals surface area contributed by atoms with Gasteiger partial charge in [-0.3, -0.25) is 9.69 Å². The Morgan fingerprint density at radius 3 is 2.59 bits per heavy atom.